The average Bonchev–Trinajstić information content (AvgIpc) is 3.40. The molecule has 5 rings (SSSR count). The van der Waals surface area contributed by atoms with E-state index in [1.165, 1.54) is 25.3 Å². The van der Waals surface area contributed by atoms with E-state index < -0.39 is 58.1 Å². The standard InChI is InChI=1S/C38H45NO14/c1-5-49-35(45)53-38(17-15-27-26-11-10-24-20-25(40)14-16-36(24,2)34(26)28(41)21-37(27,38)3)31(42)22-50-32(43)13-9-23-8-12-29(30(19-23)48-4)52-33(44)7-6-18-51-39(46)47/h8-9,12-14,16,19-20,26-28,34,41H,5-7,10-11,15,17-18,21-22H2,1-4H3/b13-9+/t26?,27?,28-,34?,36-,37-,38-/m0/s1. The molecule has 7 atom stereocenters. The molecule has 0 saturated heterocycles. The number of esters is 2. The van der Waals surface area contributed by atoms with Gasteiger partial charge in [-0.25, -0.2) is 9.59 Å². The van der Waals surface area contributed by atoms with Crippen LogP contribution < -0.4 is 9.47 Å². The molecule has 4 aliphatic carbocycles. The predicted octanol–water partition coefficient (Wildman–Crippen LogP) is 4.91. The number of aliphatic hydroxyl groups excluding tert-OH is 1. The van der Waals surface area contributed by atoms with Gasteiger partial charge in [0.05, 0.1) is 26.4 Å². The lowest BCUT2D eigenvalue weighted by Crippen LogP contribution is -2.63. The molecule has 53 heavy (non-hydrogen) atoms. The van der Waals surface area contributed by atoms with Gasteiger partial charge in [0, 0.05) is 29.2 Å². The highest BCUT2D eigenvalue weighted by atomic mass is 16.9. The van der Waals surface area contributed by atoms with Crippen molar-refractivity contribution in [2.24, 2.45) is 28.6 Å². The van der Waals surface area contributed by atoms with Crippen LogP contribution in [-0.2, 0) is 38.2 Å². The molecular formula is C38H45NO14. The van der Waals surface area contributed by atoms with Gasteiger partial charge in [0.15, 0.2) is 29.5 Å². The van der Waals surface area contributed by atoms with Gasteiger partial charge in [-0.3, -0.25) is 14.4 Å². The van der Waals surface area contributed by atoms with Crippen molar-refractivity contribution >= 4 is 35.7 Å². The van der Waals surface area contributed by atoms with Crippen molar-refractivity contribution in [1.29, 1.82) is 0 Å². The van der Waals surface area contributed by atoms with E-state index in [1.54, 1.807) is 25.1 Å². The number of carbonyl (C=O) groups excluding carboxylic acids is 5. The van der Waals surface area contributed by atoms with Crippen molar-refractivity contribution in [3.63, 3.8) is 0 Å². The maximum absolute atomic E-state index is 14.2. The third-order valence-corrected chi connectivity index (χ3v) is 11.5. The number of Topliss-reactive ketones (excluding diaryl/α,β-unsaturated/α-hetero) is 1. The number of aliphatic hydroxyl groups is 1. The Labute approximate surface area is 306 Å². The lowest BCUT2D eigenvalue weighted by atomic mass is 9.46. The first kappa shape index (κ1) is 39.2. The van der Waals surface area contributed by atoms with Gasteiger partial charge in [-0.05, 0) is 93.2 Å². The molecule has 15 heteroatoms. The molecule has 0 bridgehead atoms. The molecule has 0 amide bonds. The van der Waals surface area contributed by atoms with E-state index in [4.69, 9.17) is 23.7 Å². The summed E-state index contributed by atoms with van der Waals surface area (Å²) in [5.74, 6) is -2.27. The Balaban J connectivity index is 1.27. The molecule has 1 N–H and O–H groups in total. The van der Waals surface area contributed by atoms with Crippen LogP contribution in [0.2, 0.25) is 0 Å². The number of fused-ring (bicyclic) bond motifs is 5. The minimum absolute atomic E-state index is 0.0184. The normalized spacial score (nSPS) is 29.9. The van der Waals surface area contributed by atoms with Gasteiger partial charge in [-0.2, -0.15) is 0 Å². The van der Waals surface area contributed by atoms with Crippen molar-refractivity contribution in [2.45, 2.75) is 77.4 Å². The highest BCUT2D eigenvalue weighted by Gasteiger charge is 2.70. The van der Waals surface area contributed by atoms with E-state index in [0.717, 1.165) is 11.6 Å². The molecule has 0 aliphatic heterocycles. The number of benzene rings is 1. The smallest absolute Gasteiger partial charge is 0.493 e. The van der Waals surface area contributed by atoms with Crippen LogP contribution in [0.25, 0.3) is 6.08 Å². The molecule has 0 aromatic heterocycles. The molecule has 0 heterocycles. The van der Waals surface area contributed by atoms with Crippen molar-refractivity contribution in [3.8, 4) is 11.5 Å². The van der Waals surface area contributed by atoms with Crippen LogP contribution in [0.3, 0.4) is 0 Å². The number of allylic oxidation sites excluding steroid dienone is 4. The Morgan fingerprint density at radius 3 is 2.60 bits per heavy atom. The summed E-state index contributed by atoms with van der Waals surface area (Å²) in [6.45, 7) is 4.58. The van der Waals surface area contributed by atoms with E-state index in [2.05, 4.69) is 4.84 Å². The molecule has 15 nitrogen and oxygen atoms in total. The van der Waals surface area contributed by atoms with Gasteiger partial charge in [0.2, 0.25) is 5.78 Å². The Hall–Kier alpha value is -5.05. The second kappa shape index (κ2) is 15.9. The largest absolute Gasteiger partial charge is 0.509 e. The Bertz CT molecular complexity index is 1730. The van der Waals surface area contributed by atoms with Crippen LogP contribution in [0, 0.1) is 38.7 Å². The zero-order chi connectivity index (χ0) is 38.6. The Morgan fingerprint density at radius 2 is 1.89 bits per heavy atom. The van der Waals surface area contributed by atoms with Crippen molar-refractivity contribution < 1.29 is 62.7 Å². The number of carbonyl (C=O) groups is 5. The number of hydrogen-bond acceptors (Lipinski definition) is 14. The summed E-state index contributed by atoms with van der Waals surface area (Å²) in [6.07, 6.45) is 7.87. The van der Waals surface area contributed by atoms with Gasteiger partial charge < -0.3 is 33.6 Å². The molecule has 0 spiro atoms. The minimum Gasteiger partial charge on any atom is -0.493 e. The van der Waals surface area contributed by atoms with Gasteiger partial charge in [-0.15, -0.1) is 10.1 Å². The highest BCUT2D eigenvalue weighted by molar-refractivity contribution is 6.01. The van der Waals surface area contributed by atoms with Crippen LogP contribution in [0.15, 0.2) is 48.1 Å². The number of methoxy groups -OCH3 is 1. The lowest BCUT2D eigenvalue weighted by Gasteiger charge is -2.59. The minimum atomic E-state index is -1.73. The molecule has 3 unspecified atom stereocenters. The summed E-state index contributed by atoms with van der Waals surface area (Å²) in [6, 6.07) is 4.50. The van der Waals surface area contributed by atoms with Gasteiger partial charge in [-0.1, -0.05) is 31.6 Å². The molecular weight excluding hydrogens is 694 g/mol. The maximum Gasteiger partial charge on any atom is 0.509 e. The second-order valence-corrected chi connectivity index (χ2v) is 14.3. The quantitative estimate of drug-likeness (QED) is 0.0673. The third kappa shape index (κ3) is 7.85. The Kier molecular flexibility index (Phi) is 11.8. The molecule has 286 valence electrons. The summed E-state index contributed by atoms with van der Waals surface area (Å²) in [5.41, 5.74) is -1.79. The summed E-state index contributed by atoms with van der Waals surface area (Å²) >= 11 is 0. The van der Waals surface area contributed by atoms with E-state index >= 15 is 0 Å². The average molecular weight is 740 g/mol. The van der Waals surface area contributed by atoms with Gasteiger partial charge in [0.1, 0.15) is 0 Å². The number of ether oxygens (including phenoxy) is 5. The second-order valence-electron chi connectivity index (χ2n) is 14.3. The first-order chi connectivity index (χ1) is 25.2. The van der Waals surface area contributed by atoms with E-state index in [1.807, 2.05) is 19.9 Å². The van der Waals surface area contributed by atoms with Crippen molar-refractivity contribution in [2.75, 3.05) is 26.9 Å². The number of nitrogens with zero attached hydrogens (tertiary/aromatic N) is 1. The van der Waals surface area contributed by atoms with Crippen LogP contribution in [0.1, 0.15) is 71.3 Å². The number of rotatable bonds is 14. The number of hydrogen-bond donors (Lipinski definition) is 1. The Morgan fingerprint density at radius 1 is 1.11 bits per heavy atom. The molecule has 4 aliphatic rings. The summed E-state index contributed by atoms with van der Waals surface area (Å²) in [5, 5.41) is 21.1. The molecule has 3 saturated carbocycles. The topological polar surface area (TPSA) is 204 Å². The molecule has 3 fully saturated rings. The monoisotopic (exact) mass is 739 g/mol. The fraction of sp³-hybridized carbons (Fsp3) is 0.553. The van der Waals surface area contributed by atoms with Gasteiger partial charge >= 0.3 is 18.1 Å². The van der Waals surface area contributed by atoms with E-state index in [9.17, 15) is 39.2 Å². The molecule has 1 aromatic rings. The highest BCUT2D eigenvalue weighted by Crippen LogP contribution is 2.68. The maximum atomic E-state index is 14.2. The van der Waals surface area contributed by atoms with Crippen molar-refractivity contribution in [3.05, 3.63) is 63.8 Å². The summed E-state index contributed by atoms with van der Waals surface area (Å²) in [4.78, 5) is 78.7. The first-order valence-electron chi connectivity index (χ1n) is 17.7. The van der Waals surface area contributed by atoms with Gasteiger partial charge in [0.25, 0.3) is 5.09 Å². The fourth-order valence-electron chi connectivity index (χ4n) is 9.15. The fourth-order valence-corrected chi connectivity index (χ4v) is 9.15. The van der Waals surface area contributed by atoms with Crippen LogP contribution in [-0.4, -0.2) is 78.5 Å². The van der Waals surface area contributed by atoms with E-state index in [0.29, 0.717) is 24.8 Å². The zero-order valence-corrected chi connectivity index (χ0v) is 30.2. The first-order valence-corrected chi connectivity index (χ1v) is 17.7. The third-order valence-electron chi connectivity index (χ3n) is 11.5. The SMILES string of the molecule is CCOC(=O)O[C@]1(C(=O)COC(=O)/C=C/c2ccc(OC(=O)CCCO[N+](=O)[O-])c(OC)c2)CCC2C3CCC4=CC(=O)C=C[C@]4(C)C3[C@@H](O)C[C@@]21C. The summed E-state index contributed by atoms with van der Waals surface area (Å²) < 4.78 is 27.0. The molecule has 1 aromatic carbocycles. The van der Waals surface area contributed by atoms with Crippen LogP contribution in [0.4, 0.5) is 4.79 Å². The number of ketones is 2. The molecule has 0 radical (unpaired) electrons. The zero-order valence-electron chi connectivity index (χ0n) is 30.2. The summed E-state index contributed by atoms with van der Waals surface area (Å²) in [7, 11) is 1.36. The van der Waals surface area contributed by atoms with Crippen molar-refractivity contribution in [1.82, 2.24) is 0 Å². The predicted molar refractivity (Wildman–Crippen MR) is 185 cm³/mol. The lowest BCUT2D eigenvalue weighted by molar-refractivity contribution is -0.757. The van der Waals surface area contributed by atoms with E-state index in [-0.39, 0.29) is 73.9 Å². The van der Waals surface area contributed by atoms with Crippen LogP contribution in [0.5, 0.6) is 11.5 Å². The van der Waals surface area contributed by atoms with Crippen LogP contribution >= 0.6 is 0 Å².